The third-order valence-electron chi connectivity index (χ3n) is 5.95. The molecule has 0 aliphatic carbocycles. The SMILES string of the molecule is C=CCN(CC(=O)N(CCc1ccc(OC)c(OC)c1)Cc1cccs1)C(=O)Nc1cccc(CC)c1. The summed E-state index contributed by atoms with van der Waals surface area (Å²) in [7, 11) is 3.20. The normalized spacial score (nSPS) is 10.5. The molecule has 37 heavy (non-hydrogen) atoms. The smallest absolute Gasteiger partial charge is 0.322 e. The van der Waals surface area contributed by atoms with Crippen molar-refractivity contribution in [3.63, 3.8) is 0 Å². The molecule has 8 heteroatoms. The minimum Gasteiger partial charge on any atom is -0.493 e. The Morgan fingerprint density at radius 3 is 2.49 bits per heavy atom. The summed E-state index contributed by atoms with van der Waals surface area (Å²) in [5.74, 6) is 1.18. The van der Waals surface area contributed by atoms with Gasteiger partial charge in [0.05, 0.1) is 20.8 Å². The molecule has 0 aliphatic heterocycles. The molecule has 0 aliphatic rings. The molecular weight excluding hydrogens is 486 g/mol. The van der Waals surface area contributed by atoms with Crippen molar-refractivity contribution < 1.29 is 19.1 Å². The molecule has 0 unspecified atom stereocenters. The number of nitrogens with one attached hydrogen (secondary N) is 1. The van der Waals surface area contributed by atoms with Gasteiger partial charge in [-0.3, -0.25) is 4.79 Å². The summed E-state index contributed by atoms with van der Waals surface area (Å²) >= 11 is 1.60. The number of rotatable bonds is 13. The minimum absolute atomic E-state index is 0.0529. The summed E-state index contributed by atoms with van der Waals surface area (Å²) in [6, 6.07) is 17.1. The Balaban J connectivity index is 1.72. The van der Waals surface area contributed by atoms with E-state index < -0.39 is 0 Å². The predicted molar refractivity (Wildman–Crippen MR) is 150 cm³/mol. The molecule has 7 nitrogen and oxygen atoms in total. The summed E-state index contributed by atoms with van der Waals surface area (Å²) in [5, 5.41) is 4.91. The molecule has 0 radical (unpaired) electrons. The van der Waals surface area contributed by atoms with Crippen molar-refractivity contribution in [2.24, 2.45) is 0 Å². The van der Waals surface area contributed by atoms with Crippen molar-refractivity contribution in [2.75, 3.05) is 39.2 Å². The lowest BCUT2D eigenvalue weighted by molar-refractivity contribution is -0.132. The van der Waals surface area contributed by atoms with Crippen LogP contribution in [0.25, 0.3) is 0 Å². The van der Waals surface area contributed by atoms with E-state index in [9.17, 15) is 9.59 Å². The number of nitrogens with zero attached hydrogens (tertiary/aromatic N) is 2. The molecule has 3 amide bonds. The molecule has 0 spiro atoms. The molecule has 1 heterocycles. The largest absolute Gasteiger partial charge is 0.493 e. The van der Waals surface area contributed by atoms with Crippen molar-refractivity contribution in [1.29, 1.82) is 0 Å². The van der Waals surface area contributed by atoms with E-state index in [-0.39, 0.29) is 25.0 Å². The number of urea groups is 1. The molecule has 1 aromatic heterocycles. The monoisotopic (exact) mass is 521 g/mol. The standard InChI is InChI=1S/C29H35N3O4S/c1-5-15-32(29(34)30-24-10-7-9-22(6-2)18-24)21-28(33)31(20-25-11-8-17-37-25)16-14-23-12-13-26(35-3)27(19-23)36-4/h5,7-13,17-19H,1,6,14-16,20-21H2,2-4H3,(H,30,34). The highest BCUT2D eigenvalue weighted by atomic mass is 32.1. The number of hydrogen-bond donors (Lipinski definition) is 1. The Bertz CT molecular complexity index is 1180. The number of anilines is 1. The molecule has 3 aromatic rings. The van der Waals surface area contributed by atoms with Crippen LogP contribution in [0.5, 0.6) is 11.5 Å². The summed E-state index contributed by atoms with van der Waals surface area (Å²) in [6.07, 6.45) is 3.13. The van der Waals surface area contributed by atoms with Crippen LogP contribution in [0, 0.1) is 0 Å². The van der Waals surface area contributed by atoms with Gasteiger partial charge in [0.15, 0.2) is 11.5 Å². The molecule has 0 saturated heterocycles. The number of methoxy groups -OCH3 is 2. The number of thiophene rings is 1. The molecule has 196 valence electrons. The van der Waals surface area contributed by atoms with Crippen LogP contribution in [-0.4, -0.2) is 55.6 Å². The Morgan fingerprint density at radius 1 is 1.00 bits per heavy atom. The van der Waals surface area contributed by atoms with Gasteiger partial charge in [0.2, 0.25) is 5.91 Å². The Labute approximate surface area is 223 Å². The van der Waals surface area contributed by atoms with E-state index in [1.165, 1.54) is 4.90 Å². The quantitative estimate of drug-likeness (QED) is 0.297. The Kier molecular flexibility index (Phi) is 10.6. The molecular formula is C29H35N3O4S. The number of carbonyl (C=O) groups is 2. The second-order valence-electron chi connectivity index (χ2n) is 8.49. The van der Waals surface area contributed by atoms with E-state index in [4.69, 9.17) is 9.47 Å². The lowest BCUT2D eigenvalue weighted by Crippen LogP contribution is -2.44. The van der Waals surface area contributed by atoms with Gasteiger partial charge in [0.1, 0.15) is 6.54 Å². The second kappa shape index (κ2) is 14.1. The van der Waals surface area contributed by atoms with Crippen LogP contribution in [0.3, 0.4) is 0 Å². The van der Waals surface area contributed by atoms with Gasteiger partial charge in [0.25, 0.3) is 0 Å². The van der Waals surface area contributed by atoms with Crippen LogP contribution in [0.15, 0.2) is 72.6 Å². The highest BCUT2D eigenvalue weighted by Gasteiger charge is 2.21. The maximum Gasteiger partial charge on any atom is 0.322 e. The van der Waals surface area contributed by atoms with Gasteiger partial charge in [-0.05, 0) is 59.7 Å². The van der Waals surface area contributed by atoms with Crippen LogP contribution in [0.2, 0.25) is 0 Å². The zero-order valence-corrected chi connectivity index (χ0v) is 22.6. The third kappa shape index (κ3) is 8.11. The summed E-state index contributed by atoms with van der Waals surface area (Å²) < 4.78 is 10.8. The Morgan fingerprint density at radius 2 is 1.81 bits per heavy atom. The first kappa shape index (κ1) is 27.8. The van der Waals surface area contributed by atoms with Crippen LogP contribution >= 0.6 is 11.3 Å². The first-order valence-corrected chi connectivity index (χ1v) is 13.1. The highest BCUT2D eigenvalue weighted by Crippen LogP contribution is 2.28. The Hall–Kier alpha value is -3.78. The lowest BCUT2D eigenvalue weighted by atomic mass is 10.1. The van der Waals surface area contributed by atoms with Crippen LogP contribution in [0.4, 0.5) is 10.5 Å². The second-order valence-corrected chi connectivity index (χ2v) is 9.52. The minimum atomic E-state index is -0.336. The summed E-state index contributed by atoms with van der Waals surface area (Å²) in [4.78, 5) is 30.9. The average Bonchev–Trinajstić information content (AvgIpc) is 3.43. The molecule has 1 N–H and O–H groups in total. The number of ether oxygens (including phenoxy) is 2. The predicted octanol–water partition coefficient (Wildman–Crippen LogP) is 5.62. The van der Waals surface area contributed by atoms with E-state index >= 15 is 0 Å². The molecule has 0 atom stereocenters. The van der Waals surface area contributed by atoms with Gasteiger partial charge >= 0.3 is 6.03 Å². The fourth-order valence-corrected chi connectivity index (χ4v) is 4.61. The van der Waals surface area contributed by atoms with Gasteiger partial charge < -0.3 is 24.6 Å². The number of aryl methyl sites for hydroxylation is 1. The highest BCUT2D eigenvalue weighted by molar-refractivity contribution is 7.09. The van der Waals surface area contributed by atoms with Crippen molar-refractivity contribution >= 4 is 29.0 Å². The first-order valence-electron chi connectivity index (χ1n) is 12.2. The topological polar surface area (TPSA) is 71.1 Å². The van der Waals surface area contributed by atoms with Crippen molar-refractivity contribution in [3.8, 4) is 11.5 Å². The first-order chi connectivity index (χ1) is 18.0. The lowest BCUT2D eigenvalue weighted by Gasteiger charge is -2.27. The van der Waals surface area contributed by atoms with Crippen molar-refractivity contribution in [2.45, 2.75) is 26.3 Å². The van der Waals surface area contributed by atoms with Crippen LogP contribution in [-0.2, 0) is 24.2 Å². The number of carbonyl (C=O) groups excluding carboxylic acids is 2. The molecule has 0 fully saturated rings. The fourth-order valence-electron chi connectivity index (χ4n) is 3.89. The molecule has 3 rings (SSSR count). The van der Waals surface area contributed by atoms with Crippen LogP contribution in [0.1, 0.15) is 22.9 Å². The third-order valence-corrected chi connectivity index (χ3v) is 6.81. The maximum absolute atomic E-state index is 13.5. The summed E-state index contributed by atoms with van der Waals surface area (Å²) in [6.45, 7) is 7.01. The van der Waals surface area contributed by atoms with E-state index in [2.05, 4.69) is 18.8 Å². The van der Waals surface area contributed by atoms with Crippen molar-refractivity contribution in [1.82, 2.24) is 9.80 Å². The van der Waals surface area contributed by atoms with Gasteiger partial charge in [-0.25, -0.2) is 4.79 Å². The van der Waals surface area contributed by atoms with E-state index in [0.29, 0.717) is 36.7 Å². The number of amides is 3. The average molecular weight is 522 g/mol. The van der Waals surface area contributed by atoms with Crippen molar-refractivity contribution in [3.05, 3.63) is 88.6 Å². The van der Waals surface area contributed by atoms with Gasteiger partial charge in [-0.2, -0.15) is 0 Å². The van der Waals surface area contributed by atoms with E-state index in [1.807, 2.05) is 60.0 Å². The molecule has 0 bridgehead atoms. The van der Waals surface area contributed by atoms with Gasteiger partial charge in [-0.15, -0.1) is 17.9 Å². The van der Waals surface area contributed by atoms with E-state index in [1.54, 1.807) is 36.5 Å². The number of hydrogen-bond acceptors (Lipinski definition) is 5. The maximum atomic E-state index is 13.5. The van der Waals surface area contributed by atoms with Gasteiger partial charge in [0, 0.05) is 23.7 Å². The van der Waals surface area contributed by atoms with Gasteiger partial charge in [-0.1, -0.05) is 37.3 Å². The zero-order chi connectivity index (χ0) is 26.6. The van der Waals surface area contributed by atoms with E-state index in [0.717, 1.165) is 22.4 Å². The number of benzene rings is 2. The molecule has 2 aromatic carbocycles. The zero-order valence-electron chi connectivity index (χ0n) is 21.7. The fraction of sp³-hybridized carbons (Fsp3) is 0.310. The molecule has 0 saturated carbocycles. The van der Waals surface area contributed by atoms with Crippen LogP contribution < -0.4 is 14.8 Å². The summed E-state index contributed by atoms with van der Waals surface area (Å²) in [5.41, 5.74) is 2.86.